The van der Waals surface area contributed by atoms with Gasteiger partial charge in [-0.1, -0.05) is 11.3 Å². The van der Waals surface area contributed by atoms with E-state index in [1.165, 1.54) is 6.07 Å². The summed E-state index contributed by atoms with van der Waals surface area (Å²) in [6.45, 7) is 3.49. The lowest BCUT2D eigenvalue weighted by Crippen LogP contribution is -2.41. The quantitative estimate of drug-likeness (QED) is 0.733. The fourth-order valence-corrected chi connectivity index (χ4v) is 4.36. The number of amides is 1. The van der Waals surface area contributed by atoms with E-state index in [4.69, 9.17) is 0 Å². The van der Waals surface area contributed by atoms with Crippen LogP contribution in [-0.2, 0) is 4.79 Å². The molecule has 2 aromatic heterocycles. The molecule has 5 nitrogen and oxygen atoms in total. The van der Waals surface area contributed by atoms with E-state index in [2.05, 4.69) is 20.2 Å². The van der Waals surface area contributed by atoms with Gasteiger partial charge in [0, 0.05) is 37.2 Å². The van der Waals surface area contributed by atoms with Gasteiger partial charge in [0.05, 0.1) is 10.6 Å². The van der Waals surface area contributed by atoms with Crippen molar-refractivity contribution in [1.29, 1.82) is 0 Å². The Morgan fingerprint density at radius 1 is 1.37 bits per heavy atom. The highest BCUT2D eigenvalue weighted by Crippen LogP contribution is 2.30. The lowest BCUT2D eigenvalue weighted by atomic mass is 9.96. The molecule has 1 aliphatic rings. The molecule has 0 bridgehead atoms. The van der Waals surface area contributed by atoms with Crippen molar-refractivity contribution in [2.24, 2.45) is 5.92 Å². The summed E-state index contributed by atoms with van der Waals surface area (Å²) in [7, 11) is 0. The number of carbonyl (C=O) groups excluding carboxylic acids is 1. The van der Waals surface area contributed by atoms with Crippen LogP contribution in [0.5, 0.6) is 0 Å². The van der Waals surface area contributed by atoms with Gasteiger partial charge in [0.15, 0.2) is 10.9 Å². The van der Waals surface area contributed by atoms with Crippen molar-refractivity contribution in [2.75, 3.05) is 23.3 Å². The van der Waals surface area contributed by atoms with Gasteiger partial charge in [-0.15, -0.1) is 0 Å². The maximum Gasteiger partial charge on any atom is 0.231 e. The molecule has 1 aromatic carbocycles. The normalized spacial score (nSPS) is 17.3. The minimum absolute atomic E-state index is 0.0781. The SMILES string of the molecule is Cc1cnccc1N1CCCC(C(=O)Nc2nc3c(F)cc(F)cc3s2)C1. The van der Waals surface area contributed by atoms with Crippen LogP contribution in [0, 0.1) is 24.5 Å². The molecule has 0 aliphatic carbocycles. The number of halogens is 2. The fourth-order valence-electron chi connectivity index (χ4n) is 3.45. The first-order valence-electron chi connectivity index (χ1n) is 8.73. The summed E-state index contributed by atoms with van der Waals surface area (Å²) < 4.78 is 27.5. The summed E-state index contributed by atoms with van der Waals surface area (Å²) >= 11 is 1.07. The number of fused-ring (bicyclic) bond motifs is 1. The second-order valence-electron chi connectivity index (χ2n) is 6.69. The van der Waals surface area contributed by atoms with Crippen LogP contribution in [0.1, 0.15) is 18.4 Å². The molecule has 3 heterocycles. The average molecular weight is 388 g/mol. The smallest absolute Gasteiger partial charge is 0.231 e. The second-order valence-corrected chi connectivity index (χ2v) is 7.72. The first kappa shape index (κ1) is 17.8. The Hall–Kier alpha value is -2.61. The monoisotopic (exact) mass is 388 g/mol. The lowest BCUT2D eigenvalue weighted by Gasteiger charge is -2.34. The van der Waals surface area contributed by atoms with Gasteiger partial charge in [0.2, 0.25) is 5.91 Å². The Balaban J connectivity index is 1.50. The number of carbonyl (C=O) groups is 1. The molecular weight excluding hydrogens is 370 g/mol. The van der Waals surface area contributed by atoms with Gasteiger partial charge in [-0.2, -0.15) is 0 Å². The summed E-state index contributed by atoms with van der Waals surface area (Å²) in [5, 5.41) is 3.06. The van der Waals surface area contributed by atoms with E-state index in [0.717, 1.165) is 48.0 Å². The van der Waals surface area contributed by atoms with Crippen molar-refractivity contribution < 1.29 is 13.6 Å². The number of rotatable bonds is 3. The molecule has 1 atom stereocenters. The van der Waals surface area contributed by atoms with Gasteiger partial charge in [0.1, 0.15) is 11.3 Å². The molecule has 1 unspecified atom stereocenters. The van der Waals surface area contributed by atoms with Gasteiger partial charge in [-0.25, -0.2) is 13.8 Å². The number of nitrogens with zero attached hydrogens (tertiary/aromatic N) is 3. The van der Waals surface area contributed by atoms with Crippen molar-refractivity contribution in [3.63, 3.8) is 0 Å². The molecule has 27 heavy (non-hydrogen) atoms. The van der Waals surface area contributed by atoms with Crippen LogP contribution in [0.25, 0.3) is 10.2 Å². The Morgan fingerprint density at radius 3 is 3.04 bits per heavy atom. The predicted molar refractivity (Wildman–Crippen MR) is 102 cm³/mol. The molecule has 0 saturated carbocycles. The number of thiazole rings is 1. The number of aryl methyl sites for hydroxylation is 1. The van der Waals surface area contributed by atoms with E-state index in [0.29, 0.717) is 11.2 Å². The van der Waals surface area contributed by atoms with Crippen LogP contribution in [0.4, 0.5) is 19.6 Å². The zero-order valence-electron chi connectivity index (χ0n) is 14.7. The number of hydrogen-bond donors (Lipinski definition) is 1. The highest BCUT2D eigenvalue weighted by molar-refractivity contribution is 7.22. The number of hydrogen-bond acceptors (Lipinski definition) is 5. The second kappa shape index (κ2) is 7.19. The summed E-state index contributed by atoms with van der Waals surface area (Å²) in [5.74, 6) is -1.72. The van der Waals surface area contributed by atoms with E-state index < -0.39 is 11.6 Å². The summed E-state index contributed by atoms with van der Waals surface area (Å²) in [5.41, 5.74) is 2.23. The highest BCUT2D eigenvalue weighted by atomic mass is 32.1. The molecule has 1 fully saturated rings. The average Bonchev–Trinajstić information content (AvgIpc) is 3.05. The zero-order chi connectivity index (χ0) is 19.0. The van der Waals surface area contributed by atoms with E-state index in [-0.39, 0.29) is 22.5 Å². The van der Waals surface area contributed by atoms with E-state index >= 15 is 0 Å². The molecular formula is C19H18F2N4OS. The Kier molecular flexibility index (Phi) is 4.73. The fraction of sp³-hybridized carbons (Fsp3) is 0.316. The Labute approximate surface area is 159 Å². The topological polar surface area (TPSA) is 58.1 Å². The van der Waals surface area contributed by atoms with Crippen molar-refractivity contribution >= 4 is 38.3 Å². The standard InChI is InChI=1S/C19H18F2N4OS/c1-11-9-22-5-4-15(11)25-6-2-3-12(10-25)18(26)24-19-23-17-14(21)7-13(20)8-16(17)27-19/h4-5,7-9,12H,2-3,6,10H2,1H3,(H,23,24,26). The van der Waals surface area contributed by atoms with Gasteiger partial charge in [0.25, 0.3) is 0 Å². The van der Waals surface area contributed by atoms with Crippen molar-refractivity contribution in [3.05, 3.63) is 47.8 Å². The van der Waals surface area contributed by atoms with Crippen LogP contribution in [-0.4, -0.2) is 29.0 Å². The van der Waals surface area contributed by atoms with Crippen LogP contribution < -0.4 is 10.2 Å². The maximum absolute atomic E-state index is 13.8. The molecule has 1 saturated heterocycles. The summed E-state index contributed by atoms with van der Waals surface area (Å²) in [4.78, 5) is 23.1. The third kappa shape index (κ3) is 3.62. The van der Waals surface area contributed by atoms with Crippen molar-refractivity contribution in [1.82, 2.24) is 9.97 Å². The minimum atomic E-state index is -0.723. The molecule has 0 radical (unpaired) electrons. The number of piperidine rings is 1. The number of anilines is 2. The van der Waals surface area contributed by atoms with Crippen LogP contribution in [0.2, 0.25) is 0 Å². The Morgan fingerprint density at radius 2 is 2.22 bits per heavy atom. The third-order valence-electron chi connectivity index (χ3n) is 4.77. The molecule has 1 amide bonds. The van der Waals surface area contributed by atoms with Crippen LogP contribution in [0.3, 0.4) is 0 Å². The van der Waals surface area contributed by atoms with E-state index in [9.17, 15) is 13.6 Å². The van der Waals surface area contributed by atoms with E-state index in [1.54, 1.807) is 6.20 Å². The number of benzene rings is 1. The van der Waals surface area contributed by atoms with Crippen molar-refractivity contribution in [3.8, 4) is 0 Å². The number of pyridine rings is 1. The molecule has 3 aromatic rings. The third-order valence-corrected chi connectivity index (χ3v) is 5.68. The van der Waals surface area contributed by atoms with Gasteiger partial charge >= 0.3 is 0 Å². The summed E-state index contributed by atoms with van der Waals surface area (Å²) in [6, 6.07) is 3.98. The van der Waals surface area contributed by atoms with Gasteiger partial charge in [-0.05, 0) is 37.5 Å². The lowest BCUT2D eigenvalue weighted by molar-refractivity contribution is -0.120. The van der Waals surface area contributed by atoms with Crippen LogP contribution >= 0.6 is 11.3 Å². The van der Waals surface area contributed by atoms with Crippen molar-refractivity contribution in [2.45, 2.75) is 19.8 Å². The largest absolute Gasteiger partial charge is 0.370 e. The van der Waals surface area contributed by atoms with Gasteiger partial charge in [-0.3, -0.25) is 9.78 Å². The number of aromatic nitrogens is 2. The zero-order valence-corrected chi connectivity index (χ0v) is 15.5. The van der Waals surface area contributed by atoms with Gasteiger partial charge < -0.3 is 10.2 Å². The summed E-state index contributed by atoms with van der Waals surface area (Å²) in [6.07, 6.45) is 5.24. The molecule has 1 N–H and O–H groups in total. The molecule has 1 aliphatic heterocycles. The highest BCUT2D eigenvalue weighted by Gasteiger charge is 2.27. The molecule has 140 valence electrons. The Bertz CT molecular complexity index is 1010. The minimum Gasteiger partial charge on any atom is -0.370 e. The maximum atomic E-state index is 13.8. The molecule has 0 spiro atoms. The first-order valence-corrected chi connectivity index (χ1v) is 9.55. The number of nitrogens with one attached hydrogen (secondary N) is 1. The van der Waals surface area contributed by atoms with E-state index in [1.807, 2.05) is 19.2 Å². The first-order chi connectivity index (χ1) is 13.0. The van der Waals surface area contributed by atoms with Crippen LogP contribution in [0.15, 0.2) is 30.6 Å². The molecule has 8 heteroatoms. The predicted octanol–water partition coefficient (Wildman–Crippen LogP) is 4.13. The molecule has 4 rings (SSSR count).